The molecule has 0 bridgehead atoms. The molecule has 0 radical (unpaired) electrons. The number of hydrogen-bond acceptors (Lipinski definition) is 4. The molecule has 0 aromatic carbocycles. The molecule has 0 aliphatic rings. The lowest BCUT2D eigenvalue weighted by atomic mass is 9.99. The fourth-order valence-electron chi connectivity index (χ4n) is 1.45. The Kier molecular flexibility index (Phi) is 3.89. The van der Waals surface area contributed by atoms with Crippen LogP contribution in [0.25, 0.3) is 0 Å². The summed E-state index contributed by atoms with van der Waals surface area (Å²) in [6.45, 7) is 1.79. The standard InChI is InChI=1S/C12H12BrNO3S/c1-12(16,8-4-5-18-6-8)7-14-11(15)9-2-3-10(13)17-9/h2-6,16H,7H2,1H3,(H,14,15). The van der Waals surface area contributed by atoms with Gasteiger partial charge >= 0.3 is 0 Å². The minimum Gasteiger partial charge on any atom is -0.444 e. The van der Waals surface area contributed by atoms with E-state index in [1.165, 1.54) is 11.3 Å². The summed E-state index contributed by atoms with van der Waals surface area (Å²) in [5, 5.41) is 16.6. The van der Waals surface area contributed by atoms with Gasteiger partial charge in [-0.3, -0.25) is 4.79 Å². The molecular formula is C12H12BrNO3S. The Labute approximate surface area is 117 Å². The Hall–Kier alpha value is -1.11. The second-order valence-corrected chi connectivity index (χ2v) is 5.63. The zero-order chi connectivity index (χ0) is 13.2. The lowest BCUT2D eigenvalue weighted by Crippen LogP contribution is -2.38. The van der Waals surface area contributed by atoms with Crippen molar-refractivity contribution in [3.63, 3.8) is 0 Å². The van der Waals surface area contributed by atoms with Gasteiger partial charge in [-0.25, -0.2) is 0 Å². The van der Waals surface area contributed by atoms with Gasteiger partial charge in [-0.05, 0) is 57.4 Å². The van der Waals surface area contributed by atoms with Crippen LogP contribution in [0.3, 0.4) is 0 Å². The van der Waals surface area contributed by atoms with Crippen LogP contribution in [0.15, 0.2) is 38.0 Å². The van der Waals surface area contributed by atoms with Crippen LogP contribution in [-0.4, -0.2) is 17.6 Å². The second kappa shape index (κ2) is 5.26. The predicted molar refractivity (Wildman–Crippen MR) is 72.6 cm³/mol. The highest BCUT2D eigenvalue weighted by atomic mass is 79.9. The minimum atomic E-state index is -1.08. The molecule has 96 valence electrons. The summed E-state index contributed by atoms with van der Waals surface area (Å²) in [6, 6.07) is 5.05. The first-order valence-corrected chi connectivity index (χ1v) is 7.01. The quantitative estimate of drug-likeness (QED) is 0.906. The van der Waals surface area contributed by atoms with Gasteiger partial charge in [0.1, 0.15) is 5.60 Å². The van der Waals surface area contributed by atoms with Crippen LogP contribution in [0.4, 0.5) is 0 Å². The first-order valence-electron chi connectivity index (χ1n) is 5.27. The normalized spacial score (nSPS) is 14.2. The number of carbonyl (C=O) groups excluding carboxylic acids is 1. The molecule has 0 spiro atoms. The van der Waals surface area contributed by atoms with Crippen molar-refractivity contribution in [2.45, 2.75) is 12.5 Å². The van der Waals surface area contributed by atoms with Crippen LogP contribution >= 0.6 is 27.3 Å². The molecule has 0 saturated carbocycles. The molecule has 0 fully saturated rings. The second-order valence-electron chi connectivity index (χ2n) is 4.07. The predicted octanol–water partition coefficient (Wildman–Crippen LogP) is 2.74. The molecule has 4 nitrogen and oxygen atoms in total. The lowest BCUT2D eigenvalue weighted by molar-refractivity contribution is 0.0522. The smallest absolute Gasteiger partial charge is 0.287 e. The molecule has 6 heteroatoms. The summed E-state index contributed by atoms with van der Waals surface area (Å²) in [5.74, 6) is -0.140. The van der Waals surface area contributed by atoms with E-state index in [-0.39, 0.29) is 18.2 Å². The van der Waals surface area contributed by atoms with E-state index in [4.69, 9.17) is 4.42 Å². The molecule has 0 aliphatic carbocycles. The Bertz CT molecular complexity index is 533. The maximum atomic E-state index is 11.7. The van der Waals surface area contributed by atoms with Crippen LogP contribution in [0, 0.1) is 0 Å². The van der Waals surface area contributed by atoms with E-state index in [9.17, 15) is 9.90 Å². The number of carbonyl (C=O) groups is 1. The van der Waals surface area contributed by atoms with Gasteiger partial charge in [-0.15, -0.1) is 0 Å². The molecule has 1 atom stereocenters. The average Bonchev–Trinajstić information content (AvgIpc) is 2.96. The van der Waals surface area contributed by atoms with Crippen molar-refractivity contribution in [1.82, 2.24) is 5.32 Å². The first kappa shape index (κ1) is 13.3. The Balaban J connectivity index is 1.98. The number of amides is 1. The fourth-order valence-corrected chi connectivity index (χ4v) is 2.54. The highest BCUT2D eigenvalue weighted by Crippen LogP contribution is 2.22. The lowest BCUT2D eigenvalue weighted by Gasteiger charge is -2.22. The third-order valence-electron chi connectivity index (χ3n) is 2.53. The summed E-state index contributed by atoms with van der Waals surface area (Å²) in [6.07, 6.45) is 0. The maximum absolute atomic E-state index is 11.7. The van der Waals surface area contributed by atoms with E-state index in [2.05, 4.69) is 21.2 Å². The zero-order valence-corrected chi connectivity index (χ0v) is 12.0. The van der Waals surface area contributed by atoms with E-state index in [0.29, 0.717) is 4.67 Å². The first-order chi connectivity index (χ1) is 8.49. The van der Waals surface area contributed by atoms with E-state index in [0.717, 1.165) is 5.56 Å². The molecule has 18 heavy (non-hydrogen) atoms. The minimum absolute atomic E-state index is 0.126. The molecular weight excluding hydrogens is 318 g/mol. The molecule has 2 N–H and O–H groups in total. The van der Waals surface area contributed by atoms with Crippen LogP contribution in [-0.2, 0) is 5.60 Å². The highest BCUT2D eigenvalue weighted by Gasteiger charge is 2.24. The van der Waals surface area contributed by atoms with E-state index >= 15 is 0 Å². The van der Waals surface area contributed by atoms with Crippen molar-refractivity contribution in [3.8, 4) is 0 Å². The Morgan fingerprint density at radius 3 is 2.89 bits per heavy atom. The van der Waals surface area contributed by atoms with E-state index in [1.54, 1.807) is 19.1 Å². The van der Waals surface area contributed by atoms with Gasteiger partial charge in [0.2, 0.25) is 0 Å². The Morgan fingerprint density at radius 2 is 2.33 bits per heavy atom. The van der Waals surface area contributed by atoms with Crippen LogP contribution in [0.5, 0.6) is 0 Å². The zero-order valence-electron chi connectivity index (χ0n) is 9.64. The van der Waals surface area contributed by atoms with Crippen LogP contribution < -0.4 is 5.32 Å². The molecule has 2 aromatic rings. The van der Waals surface area contributed by atoms with Crippen molar-refractivity contribution in [2.24, 2.45) is 0 Å². The number of aliphatic hydroxyl groups is 1. The summed E-state index contributed by atoms with van der Waals surface area (Å²) < 4.78 is 5.62. The fraction of sp³-hybridized carbons (Fsp3) is 0.250. The number of rotatable bonds is 4. The monoisotopic (exact) mass is 329 g/mol. The topological polar surface area (TPSA) is 62.5 Å². The van der Waals surface area contributed by atoms with Crippen molar-refractivity contribution in [1.29, 1.82) is 0 Å². The molecule has 2 rings (SSSR count). The van der Waals surface area contributed by atoms with Crippen molar-refractivity contribution >= 4 is 33.2 Å². The number of halogens is 1. The largest absolute Gasteiger partial charge is 0.444 e. The summed E-state index contributed by atoms with van der Waals surface area (Å²) in [7, 11) is 0. The number of furan rings is 1. The molecule has 0 aliphatic heterocycles. The van der Waals surface area contributed by atoms with Gasteiger partial charge in [0.15, 0.2) is 10.4 Å². The molecule has 2 aromatic heterocycles. The van der Waals surface area contributed by atoms with Crippen molar-refractivity contribution < 1.29 is 14.3 Å². The van der Waals surface area contributed by atoms with E-state index in [1.807, 2.05) is 16.8 Å². The van der Waals surface area contributed by atoms with Crippen LogP contribution in [0.1, 0.15) is 23.0 Å². The van der Waals surface area contributed by atoms with Gasteiger partial charge in [0, 0.05) is 0 Å². The molecule has 2 heterocycles. The molecule has 1 amide bonds. The van der Waals surface area contributed by atoms with Gasteiger partial charge < -0.3 is 14.8 Å². The van der Waals surface area contributed by atoms with Gasteiger partial charge in [-0.1, -0.05) is 0 Å². The molecule has 1 unspecified atom stereocenters. The number of thiophene rings is 1. The SMILES string of the molecule is CC(O)(CNC(=O)c1ccc(Br)o1)c1ccsc1. The average molecular weight is 330 g/mol. The van der Waals surface area contributed by atoms with Gasteiger partial charge in [-0.2, -0.15) is 11.3 Å². The Morgan fingerprint density at radius 1 is 1.56 bits per heavy atom. The van der Waals surface area contributed by atoms with Crippen molar-refractivity contribution in [2.75, 3.05) is 6.54 Å². The van der Waals surface area contributed by atoms with Crippen molar-refractivity contribution in [3.05, 3.63) is 45.0 Å². The summed E-state index contributed by atoms with van der Waals surface area (Å²) in [5.41, 5.74) is -0.298. The highest BCUT2D eigenvalue weighted by molar-refractivity contribution is 9.10. The summed E-state index contributed by atoms with van der Waals surface area (Å²) in [4.78, 5) is 11.7. The van der Waals surface area contributed by atoms with E-state index < -0.39 is 5.60 Å². The van der Waals surface area contributed by atoms with Gasteiger partial charge in [0.25, 0.3) is 5.91 Å². The molecule has 0 saturated heterocycles. The number of hydrogen-bond donors (Lipinski definition) is 2. The summed E-state index contributed by atoms with van der Waals surface area (Å²) >= 11 is 4.63. The maximum Gasteiger partial charge on any atom is 0.287 e. The van der Waals surface area contributed by atoms with Crippen LogP contribution in [0.2, 0.25) is 0 Å². The third-order valence-corrected chi connectivity index (χ3v) is 3.64. The van der Waals surface area contributed by atoms with Gasteiger partial charge in [0.05, 0.1) is 6.54 Å². The number of nitrogens with one attached hydrogen (secondary N) is 1. The third kappa shape index (κ3) is 3.01.